The second-order valence-corrected chi connectivity index (χ2v) is 7.50. The van der Waals surface area contributed by atoms with E-state index in [1.165, 1.54) is 6.20 Å². The molecular formula is C20H21BrN4O3. The van der Waals surface area contributed by atoms with Crippen LogP contribution in [0.4, 0.5) is 0 Å². The summed E-state index contributed by atoms with van der Waals surface area (Å²) in [7, 11) is 0. The van der Waals surface area contributed by atoms with Gasteiger partial charge >= 0.3 is 5.91 Å². The lowest BCUT2D eigenvalue weighted by molar-refractivity contribution is 0.100. The molecule has 1 aromatic carbocycles. The molecule has 146 valence electrons. The Kier molecular flexibility index (Phi) is 6.51. The monoisotopic (exact) mass is 444 g/mol. The molecule has 8 heteroatoms. The number of ether oxygens (including phenoxy) is 1. The fourth-order valence-corrected chi connectivity index (χ4v) is 3.37. The molecule has 2 aromatic heterocycles. The molecule has 0 aliphatic rings. The fraction of sp³-hybridized carbons (Fsp3) is 0.350. The third-order valence-electron chi connectivity index (χ3n) is 4.78. The third-order valence-corrected chi connectivity index (χ3v) is 5.27. The molecule has 0 aliphatic heterocycles. The SMILES string of the molecule is CCC(CC)COc1ccc(Br)cc1Cn1ncc2cc(C(=O)N=O)cnc21. The Labute approximate surface area is 171 Å². The highest BCUT2D eigenvalue weighted by molar-refractivity contribution is 9.10. The van der Waals surface area contributed by atoms with Crippen LogP contribution in [0.3, 0.4) is 0 Å². The predicted molar refractivity (Wildman–Crippen MR) is 110 cm³/mol. The lowest BCUT2D eigenvalue weighted by atomic mass is 10.1. The fourth-order valence-electron chi connectivity index (χ4n) is 2.96. The van der Waals surface area contributed by atoms with Gasteiger partial charge in [0.05, 0.1) is 24.9 Å². The number of nitrogens with zero attached hydrogens (tertiary/aromatic N) is 4. The molecule has 0 spiro atoms. The second kappa shape index (κ2) is 9.05. The van der Waals surface area contributed by atoms with Crippen molar-refractivity contribution in [2.24, 2.45) is 11.1 Å². The number of carbonyl (C=O) groups excluding carboxylic acids is 1. The van der Waals surface area contributed by atoms with Gasteiger partial charge in [-0.1, -0.05) is 42.6 Å². The maximum atomic E-state index is 11.4. The van der Waals surface area contributed by atoms with Gasteiger partial charge in [-0.15, -0.1) is 4.91 Å². The van der Waals surface area contributed by atoms with Crippen molar-refractivity contribution >= 4 is 32.9 Å². The van der Waals surface area contributed by atoms with Gasteiger partial charge in [0.2, 0.25) is 0 Å². The lowest BCUT2D eigenvalue weighted by Gasteiger charge is -2.17. The summed E-state index contributed by atoms with van der Waals surface area (Å²) in [5.41, 5.74) is 1.74. The summed E-state index contributed by atoms with van der Waals surface area (Å²) in [6.45, 7) is 5.47. The van der Waals surface area contributed by atoms with Crippen LogP contribution in [-0.2, 0) is 6.54 Å². The van der Waals surface area contributed by atoms with Crippen molar-refractivity contribution in [3.05, 3.63) is 57.2 Å². The van der Waals surface area contributed by atoms with E-state index in [1.54, 1.807) is 16.9 Å². The van der Waals surface area contributed by atoms with E-state index in [4.69, 9.17) is 4.74 Å². The summed E-state index contributed by atoms with van der Waals surface area (Å²) < 4.78 is 8.78. The van der Waals surface area contributed by atoms with Crippen molar-refractivity contribution in [3.8, 4) is 5.75 Å². The van der Waals surface area contributed by atoms with Gasteiger partial charge in [-0.25, -0.2) is 9.67 Å². The normalized spacial score (nSPS) is 11.1. The quantitative estimate of drug-likeness (QED) is 0.458. The average molecular weight is 445 g/mol. The molecule has 0 saturated heterocycles. The van der Waals surface area contributed by atoms with Gasteiger partial charge < -0.3 is 4.74 Å². The van der Waals surface area contributed by atoms with E-state index >= 15 is 0 Å². The summed E-state index contributed by atoms with van der Waals surface area (Å²) >= 11 is 3.51. The van der Waals surface area contributed by atoms with Crippen LogP contribution in [0.1, 0.15) is 42.6 Å². The minimum atomic E-state index is -0.841. The van der Waals surface area contributed by atoms with Gasteiger partial charge in [-0.05, 0) is 30.2 Å². The minimum absolute atomic E-state index is 0.152. The second-order valence-electron chi connectivity index (χ2n) is 6.58. The summed E-state index contributed by atoms with van der Waals surface area (Å²) in [6, 6.07) is 7.48. The first-order valence-corrected chi connectivity index (χ1v) is 9.95. The van der Waals surface area contributed by atoms with Crippen LogP contribution in [0.15, 0.2) is 46.3 Å². The predicted octanol–water partition coefficient (Wildman–Crippen LogP) is 4.96. The molecule has 1 amide bonds. The summed E-state index contributed by atoms with van der Waals surface area (Å²) in [6.07, 6.45) is 5.11. The molecule has 0 fully saturated rings. The Hall–Kier alpha value is -2.61. The van der Waals surface area contributed by atoms with E-state index in [0.717, 1.165) is 28.6 Å². The number of aromatic nitrogens is 3. The molecule has 3 rings (SSSR count). The van der Waals surface area contributed by atoms with Crippen LogP contribution in [0.5, 0.6) is 5.75 Å². The molecule has 0 N–H and O–H groups in total. The van der Waals surface area contributed by atoms with E-state index in [9.17, 15) is 9.70 Å². The van der Waals surface area contributed by atoms with Crippen LogP contribution in [0.2, 0.25) is 0 Å². The zero-order chi connectivity index (χ0) is 20.1. The molecule has 0 saturated carbocycles. The molecule has 0 bridgehead atoms. The molecule has 0 unspecified atom stereocenters. The van der Waals surface area contributed by atoms with E-state index in [2.05, 4.69) is 45.0 Å². The van der Waals surface area contributed by atoms with Gasteiger partial charge in [0.25, 0.3) is 0 Å². The van der Waals surface area contributed by atoms with Crippen LogP contribution < -0.4 is 4.74 Å². The van der Waals surface area contributed by atoms with Crippen molar-refractivity contribution in [1.82, 2.24) is 14.8 Å². The van der Waals surface area contributed by atoms with E-state index < -0.39 is 5.91 Å². The summed E-state index contributed by atoms with van der Waals surface area (Å²) in [5.74, 6) is 0.494. The number of carbonyl (C=O) groups is 1. The highest BCUT2D eigenvalue weighted by atomic mass is 79.9. The molecule has 3 aromatic rings. The number of hydrogen-bond acceptors (Lipinski definition) is 5. The largest absolute Gasteiger partial charge is 0.493 e. The number of rotatable bonds is 8. The number of nitroso groups, excluding NO2 is 1. The minimum Gasteiger partial charge on any atom is -0.493 e. The topological polar surface area (TPSA) is 86.4 Å². The summed E-state index contributed by atoms with van der Waals surface area (Å²) in [4.78, 5) is 26.2. The number of amides is 1. The zero-order valence-electron chi connectivity index (χ0n) is 15.8. The number of halogens is 1. The number of hydrogen-bond donors (Lipinski definition) is 0. The molecule has 0 aliphatic carbocycles. The van der Waals surface area contributed by atoms with E-state index in [1.807, 2.05) is 18.2 Å². The Balaban J connectivity index is 1.87. The average Bonchev–Trinajstić information content (AvgIpc) is 3.11. The van der Waals surface area contributed by atoms with Crippen LogP contribution in [0, 0.1) is 10.8 Å². The number of pyridine rings is 1. The van der Waals surface area contributed by atoms with Gasteiger partial charge in [-0.2, -0.15) is 5.10 Å². The van der Waals surface area contributed by atoms with E-state index in [0.29, 0.717) is 30.1 Å². The highest BCUT2D eigenvalue weighted by Gasteiger charge is 2.14. The zero-order valence-corrected chi connectivity index (χ0v) is 17.3. The van der Waals surface area contributed by atoms with Crippen molar-refractivity contribution in [3.63, 3.8) is 0 Å². The van der Waals surface area contributed by atoms with Crippen molar-refractivity contribution in [2.45, 2.75) is 33.2 Å². The first-order chi connectivity index (χ1) is 13.5. The molecular weight excluding hydrogens is 424 g/mol. The maximum absolute atomic E-state index is 11.4. The first kappa shape index (κ1) is 20.1. The Morgan fingerprint density at radius 3 is 2.75 bits per heavy atom. The summed E-state index contributed by atoms with van der Waals surface area (Å²) in [5, 5.41) is 7.48. The molecule has 0 atom stereocenters. The van der Waals surface area contributed by atoms with Crippen molar-refractivity contribution in [2.75, 3.05) is 6.61 Å². The Bertz CT molecular complexity index is 998. The van der Waals surface area contributed by atoms with E-state index in [-0.39, 0.29) is 5.56 Å². The number of fused-ring (bicyclic) bond motifs is 1. The smallest absolute Gasteiger partial charge is 0.318 e. The van der Waals surface area contributed by atoms with Crippen molar-refractivity contribution in [1.29, 1.82) is 0 Å². The van der Waals surface area contributed by atoms with Gasteiger partial charge in [-0.3, -0.25) is 4.79 Å². The van der Waals surface area contributed by atoms with Gasteiger partial charge in [0.1, 0.15) is 5.75 Å². The highest BCUT2D eigenvalue weighted by Crippen LogP contribution is 2.26. The maximum Gasteiger partial charge on any atom is 0.318 e. The Morgan fingerprint density at radius 1 is 1.25 bits per heavy atom. The van der Waals surface area contributed by atoms with Crippen LogP contribution in [0.25, 0.3) is 11.0 Å². The molecule has 0 radical (unpaired) electrons. The Morgan fingerprint density at radius 2 is 2.04 bits per heavy atom. The third kappa shape index (κ3) is 4.44. The van der Waals surface area contributed by atoms with Crippen LogP contribution >= 0.6 is 15.9 Å². The van der Waals surface area contributed by atoms with Gasteiger partial charge in [0, 0.05) is 26.8 Å². The standard InChI is InChI=1S/C20H21BrN4O3/c1-3-13(4-2)12-28-18-6-5-17(21)8-16(18)11-25-19-14(10-23-25)7-15(9-22-19)20(26)24-27/h5-10,13H,3-4,11-12H2,1-2H3. The molecule has 2 heterocycles. The number of benzene rings is 1. The van der Waals surface area contributed by atoms with Gasteiger partial charge in [0.15, 0.2) is 5.65 Å². The molecule has 28 heavy (non-hydrogen) atoms. The first-order valence-electron chi connectivity index (χ1n) is 9.16. The molecule has 7 nitrogen and oxygen atoms in total. The lowest BCUT2D eigenvalue weighted by Crippen LogP contribution is -2.12. The van der Waals surface area contributed by atoms with Crippen LogP contribution in [-0.4, -0.2) is 27.3 Å². The van der Waals surface area contributed by atoms with Crippen molar-refractivity contribution < 1.29 is 9.53 Å².